The van der Waals surface area contributed by atoms with Gasteiger partial charge in [-0.25, -0.2) is 9.78 Å². The Hall–Kier alpha value is -2.95. The van der Waals surface area contributed by atoms with E-state index in [0.717, 1.165) is 13.1 Å². The van der Waals surface area contributed by atoms with E-state index in [4.69, 9.17) is 32.9 Å². The molecule has 1 aromatic carbocycles. The number of nitrogens with zero attached hydrogens (tertiary/aromatic N) is 5. The van der Waals surface area contributed by atoms with Crippen LogP contribution in [0.2, 0.25) is 10.0 Å². The second-order valence-corrected chi connectivity index (χ2v) is 10.2. The number of phenols is 1. The van der Waals surface area contributed by atoms with Crippen LogP contribution in [-0.2, 0) is 0 Å². The highest BCUT2D eigenvalue weighted by Crippen LogP contribution is 2.47. The highest BCUT2D eigenvalue weighted by molar-refractivity contribution is 6.38. The number of carbonyl (C=O) groups is 2. The van der Waals surface area contributed by atoms with Crippen molar-refractivity contribution in [1.29, 1.82) is 0 Å². The average molecular weight is 536 g/mol. The summed E-state index contributed by atoms with van der Waals surface area (Å²) in [5.41, 5.74) is 0.725. The molecule has 3 aliphatic heterocycles. The van der Waals surface area contributed by atoms with E-state index in [1.807, 2.05) is 7.05 Å². The maximum atomic E-state index is 14.0. The van der Waals surface area contributed by atoms with E-state index in [-0.39, 0.29) is 76.6 Å². The lowest BCUT2D eigenvalue weighted by atomic mass is 10.0. The minimum absolute atomic E-state index is 0.0323. The van der Waals surface area contributed by atoms with Gasteiger partial charge < -0.3 is 34.5 Å². The molecule has 2 amide bonds. The summed E-state index contributed by atoms with van der Waals surface area (Å²) in [7, 11) is 2.04. The van der Waals surface area contributed by atoms with Crippen LogP contribution >= 0.6 is 23.2 Å². The first-order valence-electron chi connectivity index (χ1n) is 11.8. The molecule has 2 atom stereocenters. The largest absolute Gasteiger partial charge is 0.507 e. The smallest absolute Gasteiger partial charge is 0.407 e. The van der Waals surface area contributed by atoms with Gasteiger partial charge in [-0.15, -0.1) is 0 Å². The Labute approximate surface area is 218 Å². The van der Waals surface area contributed by atoms with Gasteiger partial charge in [-0.2, -0.15) is 0 Å². The van der Waals surface area contributed by atoms with Gasteiger partial charge in [-0.1, -0.05) is 29.3 Å². The van der Waals surface area contributed by atoms with E-state index in [1.54, 1.807) is 17.0 Å². The number of carboxylic acid groups (broad SMARTS) is 1. The summed E-state index contributed by atoms with van der Waals surface area (Å²) in [6.07, 6.45) is -1.04. The van der Waals surface area contributed by atoms with Gasteiger partial charge in [0.1, 0.15) is 34.5 Å². The van der Waals surface area contributed by atoms with E-state index in [2.05, 4.69) is 16.7 Å². The molecule has 4 heterocycles. The third-order valence-electron chi connectivity index (χ3n) is 7.05. The number of benzene rings is 1. The van der Waals surface area contributed by atoms with E-state index in [1.165, 1.54) is 11.0 Å². The number of aromatic nitrogens is 1. The van der Waals surface area contributed by atoms with Gasteiger partial charge in [0, 0.05) is 45.3 Å². The maximum Gasteiger partial charge on any atom is 0.407 e. The molecule has 2 aromatic rings. The number of amides is 2. The SMILES string of the molecule is C[C@H]1CN(C)CCN1c1nc(-c2c(O)cccc2Cl)c(Cl)c2c1C(=O)N1CCN(C(=O)O)C[C@@H]1CO2. The van der Waals surface area contributed by atoms with Gasteiger partial charge in [0.2, 0.25) is 0 Å². The lowest BCUT2D eigenvalue weighted by Gasteiger charge is -2.41. The Bertz CT molecular complexity index is 1210. The second kappa shape index (κ2) is 9.49. The highest BCUT2D eigenvalue weighted by atomic mass is 35.5. The second-order valence-electron chi connectivity index (χ2n) is 9.43. The van der Waals surface area contributed by atoms with E-state index in [9.17, 15) is 19.8 Å². The Morgan fingerprint density at radius 1 is 1.11 bits per heavy atom. The normalized spacial score (nSPS) is 22.6. The summed E-state index contributed by atoms with van der Waals surface area (Å²) in [6, 6.07) is 4.31. The molecule has 10 nitrogen and oxygen atoms in total. The monoisotopic (exact) mass is 535 g/mol. The topological polar surface area (TPSA) is 110 Å². The van der Waals surface area contributed by atoms with Crippen LogP contribution in [0.3, 0.4) is 0 Å². The van der Waals surface area contributed by atoms with Crippen molar-refractivity contribution in [2.24, 2.45) is 0 Å². The minimum atomic E-state index is -1.04. The lowest BCUT2D eigenvalue weighted by Crippen LogP contribution is -2.57. The Morgan fingerprint density at radius 2 is 1.86 bits per heavy atom. The van der Waals surface area contributed by atoms with E-state index >= 15 is 0 Å². The van der Waals surface area contributed by atoms with Crippen LogP contribution in [0.4, 0.5) is 10.6 Å². The molecule has 36 heavy (non-hydrogen) atoms. The number of carbonyl (C=O) groups excluding carboxylic acids is 1. The molecule has 0 unspecified atom stereocenters. The number of rotatable bonds is 2. The molecular weight excluding hydrogens is 509 g/mol. The number of pyridine rings is 1. The zero-order valence-electron chi connectivity index (χ0n) is 19.9. The first-order chi connectivity index (χ1) is 17.2. The fraction of sp³-hybridized carbons (Fsp3) is 0.458. The Morgan fingerprint density at radius 3 is 2.56 bits per heavy atom. The number of hydrogen-bond donors (Lipinski definition) is 2. The zero-order chi connectivity index (χ0) is 25.7. The van der Waals surface area contributed by atoms with Crippen LogP contribution in [0.5, 0.6) is 11.5 Å². The predicted octanol–water partition coefficient (Wildman–Crippen LogP) is 3.10. The van der Waals surface area contributed by atoms with Crippen LogP contribution in [-0.4, -0.2) is 107 Å². The van der Waals surface area contributed by atoms with Crippen molar-refractivity contribution in [2.45, 2.75) is 19.0 Å². The maximum absolute atomic E-state index is 14.0. The summed E-state index contributed by atoms with van der Waals surface area (Å²) in [6.45, 7) is 4.86. The highest BCUT2D eigenvalue weighted by Gasteiger charge is 2.41. The number of aromatic hydroxyl groups is 1. The third-order valence-corrected chi connectivity index (χ3v) is 7.72. The Kier molecular flexibility index (Phi) is 6.52. The Balaban J connectivity index is 1.69. The summed E-state index contributed by atoms with van der Waals surface area (Å²) in [5.74, 6) is 0.186. The van der Waals surface area contributed by atoms with Crippen LogP contribution in [0, 0.1) is 0 Å². The van der Waals surface area contributed by atoms with Gasteiger partial charge in [0.25, 0.3) is 5.91 Å². The number of halogens is 2. The third kappa shape index (κ3) is 4.16. The van der Waals surface area contributed by atoms with Crippen LogP contribution in [0.1, 0.15) is 17.3 Å². The first kappa shape index (κ1) is 24.7. The molecule has 1 aromatic heterocycles. The van der Waals surface area contributed by atoms with Crippen molar-refractivity contribution in [1.82, 2.24) is 19.7 Å². The van der Waals surface area contributed by atoms with Crippen LogP contribution in [0.15, 0.2) is 18.2 Å². The van der Waals surface area contributed by atoms with Gasteiger partial charge in [-0.3, -0.25) is 4.79 Å². The zero-order valence-corrected chi connectivity index (χ0v) is 21.5. The molecule has 0 bridgehead atoms. The van der Waals surface area contributed by atoms with Crippen molar-refractivity contribution >= 4 is 41.0 Å². The van der Waals surface area contributed by atoms with Gasteiger partial charge in [0.15, 0.2) is 5.75 Å². The first-order valence-corrected chi connectivity index (χ1v) is 12.5. The molecule has 2 fully saturated rings. The molecule has 3 aliphatic rings. The van der Waals surface area contributed by atoms with Crippen molar-refractivity contribution < 1.29 is 24.5 Å². The summed E-state index contributed by atoms with van der Waals surface area (Å²) >= 11 is 13.3. The number of anilines is 1. The molecule has 2 saturated heterocycles. The molecule has 0 saturated carbocycles. The summed E-state index contributed by atoms with van der Waals surface area (Å²) in [4.78, 5) is 37.6. The molecular formula is C24H27Cl2N5O5. The van der Waals surface area contributed by atoms with Crippen molar-refractivity contribution in [3.8, 4) is 22.8 Å². The van der Waals surface area contributed by atoms with Crippen LogP contribution < -0.4 is 9.64 Å². The van der Waals surface area contributed by atoms with Gasteiger partial charge >= 0.3 is 6.09 Å². The number of likely N-dealkylation sites (N-methyl/N-ethyl adjacent to an activating group) is 1. The molecule has 0 aliphatic carbocycles. The predicted molar refractivity (Wildman–Crippen MR) is 136 cm³/mol. The molecule has 0 radical (unpaired) electrons. The minimum Gasteiger partial charge on any atom is -0.507 e. The number of phenolic OH excluding ortho intramolecular Hbond substituents is 1. The summed E-state index contributed by atoms with van der Waals surface area (Å²) < 4.78 is 6.16. The summed E-state index contributed by atoms with van der Waals surface area (Å²) in [5, 5.41) is 20.4. The van der Waals surface area contributed by atoms with Gasteiger partial charge in [0.05, 0.1) is 16.6 Å². The standard InChI is InChI=1S/C24H27Cl2N5O5/c1-13-10-28(2)6-8-30(13)22-18-21(19(26)20(27-22)17-15(25)4-3-5-16(17)32)36-12-14-11-29(24(34)35)7-9-31(14)23(18)33/h3-5,13-14,32H,6-12H2,1-2H3,(H,34,35)/t13-,14+/m0/s1. The van der Waals surface area contributed by atoms with Crippen molar-refractivity contribution in [3.05, 3.63) is 33.8 Å². The molecule has 2 N–H and O–H groups in total. The number of hydrogen-bond acceptors (Lipinski definition) is 7. The fourth-order valence-electron chi connectivity index (χ4n) is 5.20. The average Bonchev–Trinajstić information content (AvgIpc) is 2.97. The molecule has 5 rings (SSSR count). The van der Waals surface area contributed by atoms with E-state index < -0.39 is 12.1 Å². The quantitative estimate of drug-likeness (QED) is 0.603. The van der Waals surface area contributed by atoms with Crippen molar-refractivity contribution in [3.63, 3.8) is 0 Å². The van der Waals surface area contributed by atoms with Crippen molar-refractivity contribution in [2.75, 3.05) is 57.8 Å². The molecule has 0 spiro atoms. The van der Waals surface area contributed by atoms with Crippen LogP contribution in [0.25, 0.3) is 11.3 Å². The van der Waals surface area contributed by atoms with E-state index in [0.29, 0.717) is 12.4 Å². The fourth-order valence-corrected chi connectivity index (χ4v) is 5.74. The van der Waals surface area contributed by atoms with Gasteiger partial charge in [-0.05, 0) is 26.1 Å². The molecule has 192 valence electrons. The number of fused-ring (bicyclic) bond motifs is 2. The number of ether oxygens (including phenoxy) is 1. The lowest BCUT2D eigenvalue weighted by molar-refractivity contribution is 0.0390. The molecule has 12 heteroatoms. The number of piperazine rings is 2.